The van der Waals surface area contributed by atoms with Crippen LogP contribution < -0.4 is 27.0 Å². The number of halogens is 1. The summed E-state index contributed by atoms with van der Waals surface area (Å²) in [5.41, 5.74) is 16.8. The maximum Gasteiger partial charge on any atom is 0.247 e. The molecule has 0 bridgehead atoms. The molecule has 11 heteroatoms. The van der Waals surface area contributed by atoms with Crippen molar-refractivity contribution in [2.24, 2.45) is 16.9 Å². The SMILES string of the molecule is CN1CCC2(CCN(c3cc(CN)cc(Nc4nc(NC5CC5)c5ncc(CN)n5n4)c3Cl)CC2)C1. The number of rotatable bonds is 7. The Morgan fingerprint density at radius 2 is 1.89 bits per heavy atom. The van der Waals surface area contributed by atoms with E-state index in [2.05, 4.69) is 43.6 Å². The number of anilines is 4. The average molecular weight is 511 g/mol. The van der Waals surface area contributed by atoms with Crippen LogP contribution in [-0.2, 0) is 13.1 Å². The first-order chi connectivity index (χ1) is 17.5. The Morgan fingerprint density at radius 1 is 1.11 bits per heavy atom. The van der Waals surface area contributed by atoms with Gasteiger partial charge in [0.25, 0.3) is 0 Å². The van der Waals surface area contributed by atoms with Gasteiger partial charge >= 0.3 is 0 Å². The zero-order valence-corrected chi connectivity index (χ0v) is 21.6. The van der Waals surface area contributed by atoms with Crippen molar-refractivity contribution in [3.05, 3.63) is 34.6 Å². The van der Waals surface area contributed by atoms with E-state index in [1.54, 1.807) is 10.7 Å². The topological polar surface area (TPSA) is 126 Å². The van der Waals surface area contributed by atoms with Crippen molar-refractivity contribution in [3.8, 4) is 0 Å². The molecule has 0 radical (unpaired) electrons. The lowest BCUT2D eigenvalue weighted by atomic mass is 9.77. The Labute approximate surface area is 216 Å². The molecule has 2 aromatic heterocycles. The number of nitrogens with two attached hydrogens (primary N) is 2. The van der Waals surface area contributed by atoms with E-state index >= 15 is 0 Å². The highest BCUT2D eigenvalue weighted by Crippen LogP contribution is 2.43. The third-order valence-corrected chi connectivity index (χ3v) is 8.35. The first-order valence-electron chi connectivity index (χ1n) is 12.9. The van der Waals surface area contributed by atoms with Crippen LogP contribution in [0.3, 0.4) is 0 Å². The number of fused-ring (bicyclic) bond motifs is 1. The second-order valence-electron chi connectivity index (χ2n) is 10.7. The molecule has 1 saturated carbocycles. The summed E-state index contributed by atoms with van der Waals surface area (Å²) in [5.74, 6) is 1.14. The number of aromatic nitrogens is 4. The van der Waals surface area contributed by atoms with Gasteiger partial charge in [0, 0.05) is 38.8 Å². The van der Waals surface area contributed by atoms with Crippen LogP contribution in [0.2, 0.25) is 5.02 Å². The smallest absolute Gasteiger partial charge is 0.247 e. The second kappa shape index (κ2) is 9.33. The third-order valence-electron chi connectivity index (χ3n) is 7.95. The Morgan fingerprint density at radius 3 is 2.56 bits per heavy atom. The van der Waals surface area contributed by atoms with Crippen molar-refractivity contribution in [3.63, 3.8) is 0 Å². The highest BCUT2D eigenvalue weighted by molar-refractivity contribution is 6.36. The number of benzene rings is 1. The molecule has 10 nitrogen and oxygen atoms in total. The fraction of sp³-hybridized carbons (Fsp3) is 0.560. The fourth-order valence-corrected chi connectivity index (χ4v) is 5.93. The molecular weight excluding hydrogens is 476 g/mol. The second-order valence-corrected chi connectivity index (χ2v) is 11.1. The van der Waals surface area contributed by atoms with Crippen LogP contribution in [0, 0.1) is 5.41 Å². The number of nitrogens with zero attached hydrogens (tertiary/aromatic N) is 6. The molecule has 3 fully saturated rings. The van der Waals surface area contributed by atoms with Gasteiger partial charge in [-0.05, 0) is 68.8 Å². The number of hydrogen-bond acceptors (Lipinski definition) is 9. The van der Waals surface area contributed by atoms with E-state index in [-0.39, 0.29) is 0 Å². The summed E-state index contributed by atoms with van der Waals surface area (Å²) >= 11 is 7.02. The van der Waals surface area contributed by atoms with Crippen molar-refractivity contribution >= 4 is 40.4 Å². The molecule has 2 aliphatic heterocycles. The molecule has 1 aliphatic carbocycles. The molecule has 1 spiro atoms. The Balaban J connectivity index is 1.30. The van der Waals surface area contributed by atoms with E-state index in [1.807, 2.05) is 6.07 Å². The molecular formula is C25H35ClN10. The van der Waals surface area contributed by atoms with E-state index in [0.29, 0.717) is 47.0 Å². The number of imidazole rings is 1. The molecule has 3 aliphatic rings. The minimum Gasteiger partial charge on any atom is -0.370 e. The molecule has 1 aromatic carbocycles. The lowest BCUT2D eigenvalue weighted by Crippen LogP contribution is -2.41. The molecule has 192 valence electrons. The van der Waals surface area contributed by atoms with Crippen molar-refractivity contribution < 1.29 is 0 Å². The Hall–Kier alpha value is -2.66. The Kier molecular flexibility index (Phi) is 6.15. The summed E-state index contributed by atoms with van der Waals surface area (Å²) in [6, 6.07) is 4.54. The largest absolute Gasteiger partial charge is 0.370 e. The molecule has 2 saturated heterocycles. The predicted molar refractivity (Wildman–Crippen MR) is 144 cm³/mol. The number of hydrogen-bond donors (Lipinski definition) is 4. The van der Waals surface area contributed by atoms with Gasteiger partial charge in [-0.1, -0.05) is 11.6 Å². The van der Waals surface area contributed by atoms with Gasteiger partial charge in [-0.3, -0.25) is 0 Å². The van der Waals surface area contributed by atoms with Crippen LogP contribution in [-0.4, -0.2) is 63.8 Å². The summed E-state index contributed by atoms with van der Waals surface area (Å²) in [7, 11) is 2.23. The zero-order valence-electron chi connectivity index (χ0n) is 20.8. The third kappa shape index (κ3) is 4.47. The summed E-state index contributed by atoms with van der Waals surface area (Å²) in [5, 5.41) is 12.2. The number of nitrogens with one attached hydrogen (secondary N) is 2. The predicted octanol–water partition coefficient (Wildman–Crippen LogP) is 2.94. The van der Waals surface area contributed by atoms with Crippen LogP contribution in [0.15, 0.2) is 18.3 Å². The van der Waals surface area contributed by atoms with Crippen molar-refractivity contribution in [2.75, 3.05) is 48.8 Å². The monoisotopic (exact) mass is 510 g/mol. The molecule has 6 N–H and O–H groups in total. The quantitative estimate of drug-likeness (QED) is 0.379. The first-order valence-corrected chi connectivity index (χ1v) is 13.3. The fourth-order valence-electron chi connectivity index (χ4n) is 5.65. The highest BCUT2D eigenvalue weighted by atomic mass is 35.5. The van der Waals surface area contributed by atoms with Gasteiger partial charge in [-0.25, -0.2) is 9.50 Å². The van der Waals surface area contributed by atoms with Gasteiger partial charge in [0.15, 0.2) is 11.5 Å². The van der Waals surface area contributed by atoms with Gasteiger partial charge < -0.3 is 31.9 Å². The lowest BCUT2D eigenvalue weighted by molar-refractivity contribution is 0.222. The Bertz CT molecular complexity index is 1260. The van der Waals surface area contributed by atoms with Crippen molar-refractivity contribution in [2.45, 2.75) is 51.2 Å². The van der Waals surface area contributed by atoms with E-state index in [0.717, 1.165) is 48.6 Å². The summed E-state index contributed by atoms with van der Waals surface area (Å²) in [6.07, 6.45) is 7.66. The van der Waals surface area contributed by atoms with Crippen LogP contribution in [0.4, 0.5) is 23.1 Å². The highest BCUT2D eigenvalue weighted by Gasteiger charge is 2.39. The summed E-state index contributed by atoms with van der Waals surface area (Å²) in [6.45, 7) is 5.14. The van der Waals surface area contributed by atoms with Crippen LogP contribution in [0.25, 0.3) is 5.65 Å². The maximum atomic E-state index is 7.02. The van der Waals surface area contributed by atoms with Gasteiger partial charge in [-0.2, -0.15) is 4.98 Å². The van der Waals surface area contributed by atoms with E-state index < -0.39 is 0 Å². The van der Waals surface area contributed by atoms with Crippen molar-refractivity contribution in [1.29, 1.82) is 0 Å². The summed E-state index contributed by atoms with van der Waals surface area (Å²) in [4.78, 5) is 14.1. The normalized spacial score (nSPS) is 19.9. The maximum absolute atomic E-state index is 7.02. The summed E-state index contributed by atoms with van der Waals surface area (Å²) < 4.78 is 1.75. The molecule has 0 unspecified atom stereocenters. The zero-order chi connectivity index (χ0) is 24.9. The number of likely N-dealkylation sites (tertiary alicyclic amines) is 1. The molecule has 36 heavy (non-hydrogen) atoms. The van der Waals surface area contributed by atoms with Gasteiger partial charge in [0.1, 0.15) is 0 Å². The molecule has 0 amide bonds. The van der Waals surface area contributed by atoms with Crippen LogP contribution in [0.1, 0.15) is 43.4 Å². The van der Waals surface area contributed by atoms with Crippen LogP contribution >= 0.6 is 11.6 Å². The minimum absolute atomic E-state index is 0.334. The van der Waals surface area contributed by atoms with Gasteiger partial charge in [0.2, 0.25) is 5.95 Å². The van der Waals surface area contributed by atoms with E-state index in [9.17, 15) is 0 Å². The first kappa shape index (κ1) is 23.7. The lowest BCUT2D eigenvalue weighted by Gasteiger charge is -2.41. The van der Waals surface area contributed by atoms with E-state index in [4.69, 9.17) is 28.1 Å². The molecule has 4 heterocycles. The van der Waals surface area contributed by atoms with Gasteiger partial charge in [0.05, 0.1) is 28.3 Å². The van der Waals surface area contributed by atoms with E-state index in [1.165, 1.54) is 32.4 Å². The van der Waals surface area contributed by atoms with Crippen LogP contribution in [0.5, 0.6) is 0 Å². The average Bonchev–Trinajstić information content (AvgIpc) is 3.48. The molecule has 0 atom stereocenters. The van der Waals surface area contributed by atoms with Crippen molar-refractivity contribution in [1.82, 2.24) is 24.5 Å². The standard InChI is InChI=1S/C25H35ClN10/c1-34-7-4-25(15-34)5-8-35(9-6-25)20-11-16(12-27)10-19(21(20)26)31-24-32-22(30-17-2-3-17)23-29-14-18(13-28)36(23)33-24/h10-11,14,17H,2-9,12-13,15,27-28H2,1H3,(H2,30,31,32,33). The number of piperidine rings is 1. The molecule has 3 aromatic rings. The molecule has 6 rings (SSSR count). The van der Waals surface area contributed by atoms with Gasteiger partial charge in [-0.15, -0.1) is 5.10 Å². The minimum atomic E-state index is 0.334.